The summed E-state index contributed by atoms with van der Waals surface area (Å²) in [4.78, 5) is 104. The summed E-state index contributed by atoms with van der Waals surface area (Å²) in [5.74, 6) is 3.67. The minimum Gasteiger partial charge on any atom is -0.372 e. The molecule has 3 unspecified atom stereocenters. The third-order valence-electron chi connectivity index (χ3n) is 27.4. The zero-order chi connectivity index (χ0) is 102. The minimum atomic E-state index is -0.0710. The smallest absolute Gasteiger partial charge is 0.278 e. The van der Waals surface area contributed by atoms with Gasteiger partial charge in [-0.3, -0.25) is 19.2 Å². The maximum absolute atomic E-state index is 13.7. The fourth-order valence-corrected chi connectivity index (χ4v) is 18.3. The number of anilines is 4. The highest BCUT2D eigenvalue weighted by atomic mass is 16.2. The van der Waals surface area contributed by atoms with Gasteiger partial charge in [-0.25, -0.2) is 39.9 Å². The van der Waals surface area contributed by atoms with E-state index in [0.717, 1.165) is 272 Å². The van der Waals surface area contributed by atoms with Crippen LogP contribution >= 0.6 is 0 Å². The third kappa shape index (κ3) is 25.4. The Morgan fingerprint density at radius 3 is 0.761 bits per heavy atom. The summed E-state index contributed by atoms with van der Waals surface area (Å²) in [7, 11) is 0. The molecule has 3 atom stereocenters. The molecule has 0 N–H and O–H groups in total. The largest absolute Gasteiger partial charge is 0.372 e. The maximum Gasteiger partial charge on any atom is 0.278 e. The molecule has 24 nitrogen and oxygen atoms in total. The Morgan fingerprint density at radius 2 is 0.514 bits per heavy atom. The summed E-state index contributed by atoms with van der Waals surface area (Å²) < 4.78 is 6.03. The highest BCUT2D eigenvalue weighted by molar-refractivity contribution is 6.51. The highest BCUT2D eigenvalue weighted by Gasteiger charge is 2.38. The molecule has 0 aliphatic carbocycles. The first-order valence-electron chi connectivity index (χ1n) is 52.7. The van der Waals surface area contributed by atoms with Crippen LogP contribution < -0.4 is 41.8 Å². The molecular weight excluding hydrogens is 1710 g/mol. The van der Waals surface area contributed by atoms with E-state index in [0.29, 0.717) is 23.3 Å². The van der Waals surface area contributed by atoms with Gasteiger partial charge in [0.1, 0.15) is 22.8 Å². The lowest BCUT2D eigenvalue weighted by Crippen LogP contribution is -2.28. The summed E-state index contributed by atoms with van der Waals surface area (Å²) >= 11 is 0. The molecule has 0 fully saturated rings. The van der Waals surface area contributed by atoms with Crippen LogP contribution in [0.2, 0.25) is 0 Å². The Bertz CT molecular complexity index is 6060. The minimum absolute atomic E-state index is 0.0313. The molecule has 0 bridgehead atoms. The van der Waals surface area contributed by atoms with Crippen LogP contribution in [-0.2, 0) is 19.3 Å². The molecule has 0 saturated heterocycles. The topological polar surface area (TPSA) is 251 Å². The first-order chi connectivity index (χ1) is 65.9. The molecule has 8 aromatic rings. The van der Waals surface area contributed by atoms with E-state index in [4.69, 9.17) is 60.3 Å². The predicted octanol–water partition coefficient (Wildman–Crippen LogP) is 25.9. The van der Waals surface area contributed by atoms with E-state index in [9.17, 15) is 19.2 Å². The average Bonchev–Trinajstić information content (AvgIpc) is 1.61. The predicted molar refractivity (Wildman–Crippen MR) is 587 cm³/mol. The van der Waals surface area contributed by atoms with Gasteiger partial charge in [0.25, 0.3) is 22.2 Å². The van der Waals surface area contributed by atoms with Gasteiger partial charge in [0.2, 0.25) is 0 Å². The van der Waals surface area contributed by atoms with Gasteiger partial charge >= 0.3 is 0 Å². The van der Waals surface area contributed by atoms with Crippen LogP contribution in [0, 0.1) is 51.4 Å². The fourth-order valence-electron chi connectivity index (χ4n) is 18.3. The number of nitrogens with zero attached hydrogens (tertiary/aromatic N) is 20. The molecule has 138 heavy (non-hydrogen) atoms. The number of aliphatic imine (C=N–C) groups is 4. The fraction of sp³-hybridized carbons (Fsp3) is 0.579. The van der Waals surface area contributed by atoms with Crippen molar-refractivity contribution in [3.8, 4) is 0 Å². The quantitative estimate of drug-likeness (QED) is 0.0324. The van der Waals surface area contributed by atoms with Gasteiger partial charge in [-0.2, -0.15) is 39.1 Å². The van der Waals surface area contributed by atoms with Crippen molar-refractivity contribution in [2.45, 2.75) is 361 Å². The van der Waals surface area contributed by atoms with E-state index in [1.165, 1.54) is 60.7 Å². The molecule has 0 amide bonds. The van der Waals surface area contributed by atoms with E-state index in [1.54, 1.807) is 0 Å². The molecule has 4 aliphatic rings. The molecule has 4 aromatic heterocycles. The van der Waals surface area contributed by atoms with E-state index in [2.05, 4.69) is 307 Å². The van der Waals surface area contributed by atoms with Crippen molar-refractivity contribution in [1.82, 2.24) is 38.6 Å². The maximum atomic E-state index is 13.7. The second-order valence-corrected chi connectivity index (χ2v) is 39.5. The van der Waals surface area contributed by atoms with E-state index >= 15 is 0 Å². The van der Waals surface area contributed by atoms with Crippen LogP contribution in [0.5, 0.6) is 0 Å². The van der Waals surface area contributed by atoms with Gasteiger partial charge in [0.05, 0.1) is 68.4 Å². The van der Waals surface area contributed by atoms with Crippen LogP contribution in [-0.4, -0.2) is 137 Å². The molecular formula is C114H168N20O4. The molecule has 8 heterocycles. The Labute approximate surface area is 826 Å². The summed E-state index contributed by atoms with van der Waals surface area (Å²) in [6.07, 6.45) is 16.0. The summed E-state index contributed by atoms with van der Waals surface area (Å²) in [5, 5.41) is 19.1. The summed E-state index contributed by atoms with van der Waals surface area (Å²) in [6, 6.07) is 25.6. The zero-order valence-electron chi connectivity index (χ0n) is 90.7. The van der Waals surface area contributed by atoms with Gasteiger partial charge < -0.3 is 19.6 Å². The monoisotopic (exact) mass is 1880 g/mol. The number of fused-ring (bicyclic) bond motifs is 4. The standard InChI is InChI=1S/C30H45N5O.C29H43N5O.C28H41N5O.C27H39N5O/c1-9-12-13-14-15-16-24-26(20(4)5)32-29-28(27(21(6)7)33-35(29)30(24)36)31-25-18-17-23(19-22(25)8)34(10-2)11-3;1-9-13-14-15-23-25(19(5)6)31-28-27(26(20(7)10-2)32-34(28)29(23)35)30-24-17-16-22(18-21(24)8)33(11-3)12-4;1-9-13-14-22-24(18(5)6)30-27-26(25(19(7)10-2)31-33(27)28(22)34)29-23-16-15-21(17-20(23)8)32(11-3)12-4;1-10-18(8)24-25(28-21-14-13-20(15-19(21)9)31(11-2)12-3)26-29-23(17(6)7)22(16(4)5)27(33)32(26)30-24/h17-21H,9-16H2,1-8H3;16-20H,9-15H2,1-8H3;15-19H,9-14H2,1-8H3;13-18H,10-12H2,1-9H3. The Morgan fingerprint density at radius 1 is 0.275 bits per heavy atom. The first-order valence-corrected chi connectivity index (χ1v) is 52.7. The molecule has 4 aromatic carbocycles. The number of unbranched alkanes of at least 4 members (excludes halogenated alkanes) is 7. The van der Waals surface area contributed by atoms with Crippen LogP contribution in [0.4, 0.5) is 45.5 Å². The van der Waals surface area contributed by atoms with E-state index < -0.39 is 0 Å². The van der Waals surface area contributed by atoms with Crippen LogP contribution in [0.15, 0.2) is 132 Å². The van der Waals surface area contributed by atoms with Gasteiger partial charge in [-0.1, -0.05) is 190 Å². The van der Waals surface area contributed by atoms with Crippen LogP contribution in [0.3, 0.4) is 0 Å². The number of hydrogen-bond donors (Lipinski definition) is 0. The van der Waals surface area contributed by atoms with E-state index in [1.807, 2.05) is 13.8 Å². The average molecular weight is 1880 g/mol. The molecule has 0 spiro atoms. The number of aryl methyl sites for hydroxylation is 4. The Kier molecular flexibility index (Phi) is 41.0. The van der Waals surface area contributed by atoms with Crippen LogP contribution in [0.25, 0.3) is 0 Å². The number of aromatic nitrogens is 8. The van der Waals surface area contributed by atoms with Crippen molar-refractivity contribution in [1.29, 1.82) is 0 Å². The first kappa shape index (κ1) is 111. The molecule has 12 rings (SSSR count). The summed E-state index contributed by atoms with van der Waals surface area (Å²) in [5.41, 5.74) is 25.5. The molecule has 0 saturated carbocycles. The third-order valence-corrected chi connectivity index (χ3v) is 27.4. The molecule has 748 valence electrons. The SMILES string of the molecule is CCC(C)C1=Nn2c(nc(C(C)C)c(C(C)C)c2=O)C1=Nc1ccc(N(CC)CC)cc1C.CCCCCCCc1c(C(C)C)nc2n(c1=O)N=C(C(C)C)C2=Nc1ccc(N(CC)CC)cc1C.CCCCCc1c(C(C)C)nc2n(c1=O)N=C(C(C)CC)C2=Nc1ccc(N(CC)CC)cc1C.CCCCc1c(C(C)C)nc2n(c1=O)N=C(C(C)CC)C2=Nc1ccc(N(CC)CC)cc1C. The number of benzene rings is 4. The lowest BCUT2D eigenvalue weighted by molar-refractivity contribution is 0.618. The Balaban J connectivity index is 0.000000206. The van der Waals surface area contributed by atoms with E-state index in [-0.39, 0.29) is 75.5 Å². The zero-order valence-corrected chi connectivity index (χ0v) is 90.7. The van der Waals surface area contributed by atoms with Crippen molar-refractivity contribution >= 4 is 91.2 Å². The van der Waals surface area contributed by atoms with Crippen molar-refractivity contribution in [3.05, 3.63) is 205 Å². The second kappa shape index (κ2) is 51.2. The molecule has 4 aliphatic heterocycles. The summed E-state index contributed by atoms with van der Waals surface area (Å²) in [6.45, 7) is 77.9. The van der Waals surface area contributed by atoms with Crippen molar-refractivity contribution in [3.63, 3.8) is 0 Å². The van der Waals surface area contributed by atoms with Crippen molar-refractivity contribution in [2.75, 3.05) is 72.0 Å². The van der Waals surface area contributed by atoms with Crippen molar-refractivity contribution < 1.29 is 0 Å². The molecule has 24 heteroatoms. The van der Waals surface area contributed by atoms with Gasteiger partial charge in [-0.15, -0.1) is 0 Å². The lowest BCUT2D eigenvalue weighted by Gasteiger charge is -2.21. The number of hydrogen-bond acceptors (Lipinski definition) is 20. The van der Waals surface area contributed by atoms with Gasteiger partial charge in [-0.05, 0) is 271 Å². The van der Waals surface area contributed by atoms with Gasteiger partial charge in [0, 0.05) is 115 Å². The van der Waals surface area contributed by atoms with Gasteiger partial charge in [0.15, 0.2) is 23.3 Å². The Hall–Kier alpha value is -11.0. The molecule has 0 radical (unpaired) electrons. The number of rotatable bonds is 41. The van der Waals surface area contributed by atoms with Crippen LogP contribution in [0.1, 0.15) is 404 Å². The lowest BCUT2D eigenvalue weighted by atomic mass is 9.95. The second-order valence-electron chi connectivity index (χ2n) is 39.5. The van der Waals surface area contributed by atoms with Crippen molar-refractivity contribution in [2.24, 2.45) is 64.0 Å². The normalized spacial score (nSPS) is 14.9. The highest BCUT2D eigenvalue weighted by Crippen LogP contribution is 2.36.